The Hall–Kier alpha value is -0.440. The largest absolute Gasteiger partial charge is 0.451 e. The van der Waals surface area contributed by atoms with E-state index in [9.17, 15) is 0 Å². The molecule has 0 saturated carbocycles. The average molecular weight is 129 g/mol. The van der Waals surface area contributed by atoms with Gasteiger partial charge in [0.05, 0.1) is 0 Å². The summed E-state index contributed by atoms with van der Waals surface area (Å²) in [7, 11) is 0. The van der Waals surface area contributed by atoms with Crippen LogP contribution >= 0.6 is 11.8 Å². The molecule has 3 heteroatoms. The second-order valence-electron chi connectivity index (χ2n) is 1.26. The maximum atomic E-state index is 4.74. The van der Waals surface area contributed by atoms with E-state index in [1.165, 1.54) is 6.39 Å². The highest BCUT2D eigenvalue weighted by atomic mass is 32.2. The van der Waals surface area contributed by atoms with E-state index in [0.717, 1.165) is 10.8 Å². The molecule has 0 fully saturated rings. The molecule has 2 nitrogen and oxygen atoms in total. The minimum Gasteiger partial charge on any atom is -0.451 e. The first-order valence-corrected chi connectivity index (χ1v) is 3.43. The van der Waals surface area contributed by atoms with Crippen molar-refractivity contribution < 1.29 is 4.42 Å². The maximum Gasteiger partial charge on any atom is 0.181 e. The zero-order valence-corrected chi connectivity index (χ0v) is 5.44. The van der Waals surface area contributed by atoms with Crippen LogP contribution in [0.1, 0.15) is 6.92 Å². The lowest BCUT2D eigenvalue weighted by Gasteiger charge is -1.83. The normalized spacial score (nSPS) is 9.62. The van der Waals surface area contributed by atoms with Crippen molar-refractivity contribution in [2.45, 2.75) is 11.9 Å². The Balaban J connectivity index is 2.50. The third kappa shape index (κ3) is 1.26. The lowest BCUT2D eigenvalue weighted by atomic mass is 11.0. The molecule has 8 heavy (non-hydrogen) atoms. The Morgan fingerprint density at radius 3 is 3.25 bits per heavy atom. The molecule has 0 bridgehead atoms. The lowest BCUT2D eigenvalue weighted by molar-refractivity contribution is 0.555. The minimum atomic E-state index is 0.965. The minimum absolute atomic E-state index is 0.965. The fourth-order valence-electron chi connectivity index (χ4n) is 0.421. The highest BCUT2D eigenvalue weighted by Gasteiger charge is 1.90. The van der Waals surface area contributed by atoms with Crippen molar-refractivity contribution in [3.8, 4) is 0 Å². The molecule has 0 saturated heterocycles. The predicted molar refractivity (Wildman–Crippen MR) is 32.9 cm³/mol. The average Bonchev–Trinajstić information content (AvgIpc) is 2.19. The SMILES string of the molecule is CCSc1cocn1. The molecule has 0 aliphatic carbocycles. The number of hydrogen-bond acceptors (Lipinski definition) is 3. The molecule has 0 spiro atoms. The Morgan fingerprint density at radius 2 is 2.75 bits per heavy atom. The van der Waals surface area contributed by atoms with Crippen LogP contribution in [-0.2, 0) is 0 Å². The fourth-order valence-corrected chi connectivity index (χ4v) is 0.958. The summed E-state index contributed by atoms with van der Waals surface area (Å²) < 4.78 is 4.74. The van der Waals surface area contributed by atoms with E-state index in [-0.39, 0.29) is 0 Å². The summed E-state index contributed by atoms with van der Waals surface area (Å²) in [5, 5.41) is 0.965. The van der Waals surface area contributed by atoms with Crippen LogP contribution in [0.2, 0.25) is 0 Å². The second-order valence-corrected chi connectivity index (χ2v) is 2.54. The molecule has 0 unspecified atom stereocenters. The van der Waals surface area contributed by atoms with Crippen LogP contribution < -0.4 is 0 Å². The van der Waals surface area contributed by atoms with Gasteiger partial charge in [-0.05, 0) is 5.75 Å². The molecule has 1 aromatic heterocycles. The summed E-state index contributed by atoms with van der Waals surface area (Å²) in [6.07, 6.45) is 3.09. The van der Waals surface area contributed by atoms with Gasteiger partial charge in [-0.25, -0.2) is 4.98 Å². The van der Waals surface area contributed by atoms with Crippen molar-refractivity contribution in [1.82, 2.24) is 4.98 Å². The van der Waals surface area contributed by atoms with Gasteiger partial charge in [0.2, 0.25) is 0 Å². The smallest absolute Gasteiger partial charge is 0.181 e. The quantitative estimate of drug-likeness (QED) is 0.569. The molecule has 0 aliphatic heterocycles. The number of hydrogen-bond donors (Lipinski definition) is 0. The van der Waals surface area contributed by atoms with Gasteiger partial charge < -0.3 is 4.42 Å². The molecule has 0 aliphatic rings. The van der Waals surface area contributed by atoms with Gasteiger partial charge in [0.25, 0.3) is 0 Å². The van der Waals surface area contributed by atoms with Crippen molar-refractivity contribution >= 4 is 11.8 Å². The predicted octanol–water partition coefficient (Wildman–Crippen LogP) is 1.79. The van der Waals surface area contributed by atoms with E-state index in [1.807, 2.05) is 0 Å². The Labute approximate surface area is 52.3 Å². The first-order valence-electron chi connectivity index (χ1n) is 2.44. The number of aromatic nitrogens is 1. The fraction of sp³-hybridized carbons (Fsp3) is 0.400. The summed E-state index contributed by atoms with van der Waals surface area (Å²) in [5.74, 6) is 1.05. The molecule has 0 amide bonds. The van der Waals surface area contributed by atoms with Crippen molar-refractivity contribution in [2.24, 2.45) is 0 Å². The molecule has 0 atom stereocenters. The van der Waals surface area contributed by atoms with E-state index in [4.69, 9.17) is 4.42 Å². The Kier molecular flexibility index (Phi) is 1.97. The molecule has 1 aromatic rings. The van der Waals surface area contributed by atoms with Crippen LogP contribution in [-0.4, -0.2) is 10.7 Å². The maximum absolute atomic E-state index is 4.74. The van der Waals surface area contributed by atoms with E-state index in [2.05, 4.69) is 11.9 Å². The Bertz CT molecular complexity index is 138. The molecular weight excluding hydrogens is 122 g/mol. The van der Waals surface area contributed by atoms with Crippen molar-refractivity contribution in [3.63, 3.8) is 0 Å². The van der Waals surface area contributed by atoms with Gasteiger partial charge >= 0.3 is 0 Å². The molecule has 1 rings (SSSR count). The standard InChI is InChI=1S/C5H7NOS/c1-2-8-5-3-7-4-6-5/h3-4H,2H2,1H3. The molecule has 0 radical (unpaired) electrons. The molecule has 44 valence electrons. The van der Waals surface area contributed by atoms with Gasteiger partial charge in [0.1, 0.15) is 11.3 Å². The summed E-state index contributed by atoms with van der Waals surface area (Å²) >= 11 is 1.68. The molecule has 1 heterocycles. The van der Waals surface area contributed by atoms with Gasteiger partial charge in [0.15, 0.2) is 6.39 Å². The van der Waals surface area contributed by atoms with Gasteiger partial charge in [-0.1, -0.05) is 6.92 Å². The highest BCUT2D eigenvalue weighted by molar-refractivity contribution is 7.99. The zero-order valence-electron chi connectivity index (χ0n) is 4.63. The van der Waals surface area contributed by atoms with Crippen LogP contribution in [0.15, 0.2) is 22.1 Å². The first kappa shape index (κ1) is 5.69. The van der Waals surface area contributed by atoms with E-state index in [0.29, 0.717) is 0 Å². The van der Waals surface area contributed by atoms with Crippen molar-refractivity contribution in [3.05, 3.63) is 12.7 Å². The number of oxazole rings is 1. The van der Waals surface area contributed by atoms with Crippen LogP contribution in [0.3, 0.4) is 0 Å². The third-order valence-corrected chi connectivity index (χ3v) is 1.49. The summed E-state index contributed by atoms with van der Waals surface area (Å²) in [6, 6.07) is 0. The number of rotatable bonds is 2. The topological polar surface area (TPSA) is 26.0 Å². The van der Waals surface area contributed by atoms with E-state index >= 15 is 0 Å². The first-order chi connectivity index (χ1) is 3.93. The van der Waals surface area contributed by atoms with Crippen LogP contribution in [0.4, 0.5) is 0 Å². The number of thioether (sulfide) groups is 1. The molecular formula is C5H7NOS. The highest BCUT2D eigenvalue weighted by Crippen LogP contribution is 2.12. The summed E-state index contributed by atoms with van der Waals surface area (Å²) in [6.45, 7) is 2.08. The van der Waals surface area contributed by atoms with Crippen LogP contribution in [0, 0.1) is 0 Å². The van der Waals surface area contributed by atoms with Gasteiger partial charge in [-0.15, -0.1) is 11.8 Å². The van der Waals surface area contributed by atoms with Gasteiger partial charge in [0, 0.05) is 0 Å². The summed E-state index contributed by atoms with van der Waals surface area (Å²) in [4.78, 5) is 3.90. The second kappa shape index (κ2) is 2.77. The van der Waals surface area contributed by atoms with Gasteiger partial charge in [-0.2, -0.15) is 0 Å². The molecule has 0 N–H and O–H groups in total. The zero-order chi connectivity index (χ0) is 5.82. The Morgan fingerprint density at radius 1 is 1.88 bits per heavy atom. The van der Waals surface area contributed by atoms with Crippen LogP contribution in [0.5, 0.6) is 0 Å². The number of nitrogens with zero attached hydrogens (tertiary/aromatic N) is 1. The molecule has 0 aromatic carbocycles. The van der Waals surface area contributed by atoms with Crippen molar-refractivity contribution in [2.75, 3.05) is 5.75 Å². The third-order valence-electron chi connectivity index (χ3n) is 0.702. The monoisotopic (exact) mass is 129 g/mol. The van der Waals surface area contributed by atoms with Gasteiger partial charge in [-0.3, -0.25) is 0 Å². The lowest BCUT2D eigenvalue weighted by Crippen LogP contribution is -1.67. The van der Waals surface area contributed by atoms with Crippen LogP contribution in [0.25, 0.3) is 0 Å². The van der Waals surface area contributed by atoms with E-state index in [1.54, 1.807) is 18.0 Å². The van der Waals surface area contributed by atoms with Crippen molar-refractivity contribution in [1.29, 1.82) is 0 Å². The van der Waals surface area contributed by atoms with E-state index < -0.39 is 0 Å². The summed E-state index contributed by atoms with van der Waals surface area (Å²) in [5.41, 5.74) is 0.